The van der Waals surface area contributed by atoms with Crippen molar-refractivity contribution < 1.29 is 14.3 Å². The third kappa shape index (κ3) is 4.34. The minimum absolute atomic E-state index is 0.153. The summed E-state index contributed by atoms with van der Waals surface area (Å²) in [5, 5.41) is 18.1. The fraction of sp³-hybridized carbons (Fsp3) is 0.500. The predicted octanol–water partition coefficient (Wildman–Crippen LogP) is 2.47. The van der Waals surface area contributed by atoms with Crippen LogP contribution in [0.25, 0.3) is 22.3 Å². The maximum Gasteiger partial charge on any atom is 0.235 e. The smallest absolute Gasteiger partial charge is 0.235 e. The lowest BCUT2D eigenvalue weighted by atomic mass is 9.89. The zero-order chi connectivity index (χ0) is 25.5. The number of nitriles is 1. The molecular weight excluding hydrogens is 476 g/mol. The van der Waals surface area contributed by atoms with Crippen molar-refractivity contribution in [2.75, 3.05) is 24.6 Å². The number of hydrogen-bond donors (Lipinski definition) is 1. The second kappa shape index (κ2) is 9.23. The number of imide groups is 1. The Morgan fingerprint density at radius 1 is 1.19 bits per heavy atom. The van der Waals surface area contributed by atoms with Crippen molar-refractivity contribution in [3.63, 3.8) is 0 Å². The number of amides is 2. The Balaban J connectivity index is 1.55. The lowest BCUT2D eigenvalue weighted by Gasteiger charge is -2.41. The Hall–Kier alpha value is -3.40. The van der Waals surface area contributed by atoms with Crippen molar-refractivity contribution >= 4 is 36.7 Å². The van der Waals surface area contributed by atoms with Crippen LogP contribution in [0.3, 0.4) is 0 Å². The second-order valence-electron chi connectivity index (χ2n) is 10.7. The number of nitrogens with one attached hydrogen (secondary N) is 1. The molecule has 5 heterocycles. The molecule has 5 rings (SSSR count). The quantitative estimate of drug-likeness (QED) is 0.266. The largest absolute Gasteiger partial charge is 0.361 e. The third-order valence-corrected chi connectivity index (χ3v) is 8.50. The van der Waals surface area contributed by atoms with Crippen molar-refractivity contribution in [2.24, 2.45) is 0 Å². The van der Waals surface area contributed by atoms with E-state index in [0.717, 1.165) is 16.3 Å². The first-order valence-electron chi connectivity index (χ1n) is 12.1. The van der Waals surface area contributed by atoms with Gasteiger partial charge in [0.25, 0.3) is 0 Å². The van der Waals surface area contributed by atoms with Gasteiger partial charge in [-0.3, -0.25) is 14.3 Å². The molecule has 0 aromatic carbocycles. The van der Waals surface area contributed by atoms with Crippen LogP contribution in [0.15, 0.2) is 24.8 Å². The number of carbonyl (C=O) groups is 2. The van der Waals surface area contributed by atoms with Gasteiger partial charge < -0.3 is 14.6 Å². The highest BCUT2D eigenvalue weighted by molar-refractivity contribution is 6.76. The zero-order valence-electron chi connectivity index (χ0n) is 20.8. The van der Waals surface area contributed by atoms with Gasteiger partial charge in [0.2, 0.25) is 11.8 Å². The minimum Gasteiger partial charge on any atom is -0.361 e. The van der Waals surface area contributed by atoms with E-state index >= 15 is 0 Å². The maximum atomic E-state index is 12.7. The van der Waals surface area contributed by atoms with E-state index in [1.807, 2.05) is 16.8 Å². The molecule has 2 aliphatic rings. The maximum absolute atomic E-state index is 12.7. The van der Waals surface area contributed by atoms with Gasteiger partial charge in [0.1, 0.15) is 24.2 Å². The van der Waals surface area contributed by atoms with Crippen LogP contribution in [0.5, 0.6) is 0 Å². The van der Waals surface area contributed by atoms with E-state index in [4.69, 9.17) is 9.84 Å². The highest BCUT2D eigenvalue weighted by Gasteiger charge is 2.42. The monoisotopic (exact) mass is 506 g/mol. The van der Waals surface area contributed by atoms with Gasteiger partial charge >= 0.3 is 0 Å². The first-order chi connectivity index (χ1) is 17.2. The summed E-state index contributed by atoms with van der Waals surface area (Å²) < 4.78 is 9.57. The van der Waals surface area contributed by atoms with Gasteiger partial charge in [-0.05, 0) is 12.1 Å². The number of fused-ring (bicyclic) bond motifs is 1. The average Bonchev–Trinajstić information content (AvgIpc) is 3.50. The Kier molecular flexibility index (Phi) is 6.23. The molecule has 2 amide bonds. The summed E-state index contributed by atoms with van der Waals surface area (Å²) in [7, 11) is -1.19. The van der Waals surface area contributed by atoms with Gasteiger partial charge in [-0.25, -0.2) is 14.9 Å². The summed E-state index contributed by atoms with van der Waals surface area (Å²) in [6.45, 7) is 9.16. The Morgan fingerprint density at radius 3 is 2.58 bits per heavy atom. The molecule has 3 aromatic rings. The van der Waals surface area contributed by atoms with E-state index in [-0.39, 0.29) is 36.9 Å². The molecule has 0 saturated carbocycles. The molecule has 36 heavy (non-hydrogen) atoms. The van der Waals surface area contributed by atoms with Gasteiger partial charge in [0, 0.05) is 58.4 Å². The number of nitrogens with zero attached hydrogens (tertiary/aromatic N) is 7. The Labute approximate surface area is 210 Å². The molecule has 2 fully saturated rings. The van der Waals surface area contributed by atoms with Crippen LogP contribution in [0.2, 0.25) is 25.7 Å². The SMILES string of the molecule is C[Si](C)(C)CCOCn1ccc2c(-c3cn(C4(CC#N)CNC4)nc3N3C(=O)CCC3=O)ncnc21. The van der Waals surface area contributed by atoms with E-state index in [1.165, 1.54) is 6.33 Å². The van der Waals surface area contributed by atoms with E-state index < -0.39 is 13.6 Å². The Morgan fingerprint density at radius 2 is 1.94 bits per heavy atom. The highest BCUT2D eigenvalue weighted by Crippen LogP contribution is 2.38. The zero-order valence-corrected chi connectivity index (χ0v) is 21.8. The van der Waals surface area contributed by atoms with Crippen LogP contribution in [0.4, 0.5) is 5.82 Å². The van der Waals surface area contributed by atoms with E-state index in [1.54, 1.807) is 10.9 Å². The van der Waals surface area contributed by atoms with Crippen molar-refractivity contribution in [3.8, 4) is 17.3 Å². The van der Waals surface area contributed by atoms with Crippen LogP contribution < -0.4 is 10.2 Å². The third-order valence-electron chi connectivity index (χ3n) is 6.80. The first kappa shape index (κ1) is 24.3. The number of anilines is 1. The molecule has 0 radical (unpaired) electrons. The number of hydrogen-bond acceptors (Lipinski definition) is 8. The molecule has 0 aliphatic carbocycles. The van der Waals surface area contributed by atoms with Crippen LogP contribution in [-0.2, 0) is 26.6 Å². The van der Waals surface area contributed by atoms with E-state index in [9.17, 15) is 14.9 Å². The van der Waals surface area contributed by atoms with Crippen LogP contribution in [-0.4, -0.2) is 63.9 Å². The van der Waals surface area contributed by atoms with Gasteiger partial charge in [-0.15, -0.1) is 0 Å². The minimum atomic E-state index is -1.19. The summed E-state index contributed by atoms with van der Waals surface area (Å²) >= 11 is 0. The van der Waals surface area contributed by atoms with Crippen LogP contribution in [0, 0.1) is 11.3 Å². The van der Waals surface area contributed by atoms with Crippen LogP contribution >= 0.6 is 0 Å². The molecule has 0 unspecified atom stereocenters. The molecular formula is C24H30N8O3Si. The Bertz CT molecular complexity index is 1350. The van der Waals surface area contributed by atoms with Crippen molar-refractivity contribution in [2.45, 2.75) is 57.2 Å². The molecule has 12 heteroatoms. The standard InChI is InChI=1S/C24H30N8O3Si/c1-36(2,3)11-10-35-16-30-9-6-17-21(27-15-28-22(17)30)18-12-31(24(7-8-25)13-26-14-24)29-23(18)32-19(33)4-5-20(32)34/h6,9,12,15,26H,4-5,7,10-11,13-14,16H2,1-3H3. The average molecular weight is 507 g/mol. The van der Waals surface area contributed by atoms with Crippen LogP contribution in [0.1, 0.15) is 19.3 Å². The molecule has 0 atom stereocenters. The number of ether oxygens (including phenoxy) is 1. The summed E-state index contributed by atoms with van der Waals surface area (Å²) in [5.41, 5.74) is 1.31. The normalized spacial score (nSPS) is 17.6. The van der Waals surface area contributed by atoms with Crippen molar-refractivity contribution in [3.05, 3.63) is 24.8 Å². The van der Waals surface area contributed by atoms with E-state index in [2.05, 4.69) is 41.0 Å². The predicted molar refractivity (Wildman–Crippen MR) is 136 cm³/mol. The van der Waals surface area contributed by atoms with Gasteiger partial charge in [0.05, 0.1) is 23.7 Å². The van der Waals surface area contributed by atoms with Gasteiger partial charge in [-0.2, -0.15) is 10.4 Å². The lowest BCUT2D eigenvalue weighted by Crippen LogP contribution is -2.60. The van der Waals surface area contributed by atoms with Crippen molar-refractivity contribution in [1.82, 2.24) is 29.6 Å². The molecule has 3 aromatic heterocycles. The number of aromatic nitrogens is 5. The summed E-state index contributed by atoms with van der Waals surface area (Å²) in [6, 6.07) is 5.23. The van der Waals surface area contributed by atoms with Crippen molar-refractivity contribution in [1.29, 1.82) is 5.26 Å². The lowest BCUT2D eigenvalue weighted by molar-refractivity contribution is -0.121. The second-order valence-corrected chi connectivity index (χ2v) is 16.3. The summed E-state index contributed by atoms with van der Waals surface area (Å²) in [4.78, 5) is 35.5. The highest BCUT2D eigenvalue weighted by atomic mass is 28.3. The molecule has 2 aliphatic heterocycles. The summed E-state index contributed by atoms with van der Waals surface area (Å²) in [6.07, 6.45) is 5.74. The molecule has 0 spiro atoms. The molecule has 11 nitrogen and oxygen atoms in total. The summed E-state index contributed by atoms with van der Waals surface area (Å²) in [5.74, 6) is -0.316. The topological polar surface area (TPSA) is 131 Å². The molecule has 188 valence electrons. The first-order valence-corrected chi connectivity index (χ1v) is 15.8. The van der Waals surface area contributed by atoms with E-state index in [0.29, 0.717) is 43.3 Å². The molecule has 0 bridgehead atoms. The van der Waals surface area contributed by atoms with Gasteiger partial charge in [0.15, 0.2) is 5.82 Å². The molecule has 1 N–H and O–H groups in total. The fourth-order valence-electron chi connectivity index (χ4n) is 4.55. The number of rotatable bonds is 9. The molecule has 2 saturated heterocycles. The number of carbonyl (C=O) groups excluding carboxylic acids is 2. The fourth-order valence-corrected chi connectivity index (χ4v) is 5.30. The van der Waals surface area contributed by atoms with Gasteiger partial charge in [-0.1, -0.05) is 19.6 Å².